The van der Waals surface area contributed by atoms with Crippen molar-refractivity contribution in [2.45, 2.75) is 309 Å². The molecule has 0 rings (SSSR count). The first-order valence-electron chi connectivity index (χ1n) is 28.4. The van der Waals surface area contributed by atoms with E-state index in [1.54, 1.807) is 0 Å². The van der Waals surface area contributed by atoms with Crippen molar-refractivity contribution >= 4 is 11.9 Å². The summed E-state index contributed by atoms with van der Waals surface area (Å²) in [5.41, 5.74) is 0. The quantitative estimate of drug-likeness (QED) is 0.0245. The molecule has 0 aliphatic heterocycles. The highest BCUT2D eigenvalue weighted by atomic mass is 16.5. The Morgan fingerprint density at radius 2 is 0.846 bits per heavy atom. The van der Waals surface area contributed by atoms with E-state index in [-0.39, 0.29) is 24.9 Å². The van der Waals surface area contributed by atoms with Crippen LogP contribution in [0.15, 0.2) is 48.6 Å². The van der Waals surface area contributed by atoms with Crippen LogP contribution in [-0.2, 0) is 14.3 Å². The fraction of sp³-hybridized carbons (Fsp3) is 0.831. The largest absolute Gasteiger partial charge is 0.462 e. The van der Waals surface area contributed by atoms with Gasteiger partial charge in [0.15, 0.2) is 0 Å². The van der Waals surface area contributed by atoms with Crippen LogP contribution in [0, 0.1) is 0 Å². The molecule has 6 heteroatoms. The first kappa shape index (κ1) is 62.8. The summed E-state index contributed by atoms with van der Waals surface area (Å²) in [4.78, 5) is 26.2. The minimum atomic E-state index is -0.794. The van der Waals surface area contributed by atoms with E-state index in [2.05, 4.69) is 74.7 Å². The third kappa shape index (κ3) is 48.1. The van der Waals surface area contributed by atoms with E-state index < -0.39 is 18.2 Å². The second kappa shape index (κ2) is 52.8. The highest BCUT2D eigenvalue weighted by Crippen LogP contribution is 2.18. The van der Waals surface area contributed by atoms with Gasteiger partial charge in [-0.15, -0.1) is 0 Å². The molecule has 0 aliphatic rings. The van der Waals surface area contributed by atoms with E-state index in [4.69, 9.17) is 4.74 Å². The van der Waals surface area contributed by atoms with Gasteiger partial charge < -0.3 is 20.3 Å². The lowest BCUT2D eigenvalue weighted by molar-refractivity contribution is -0.151. The summed E-state index contributed by atoms with van der Waals surface area (Å²) in [5.74, 6) is -0.493. The highest BCUT2D eigenvalue weighted by molar-refractivity contribution is 5.77. The van der Waals surface area contributed by atoms with Gasteiger partial charge in [-0.3, -0.25) is 9.59 Å². The Morgan fingerprint density at radius 1 is 0.462 bits per heavy atom. The zero-order valence-electron chi connectivity index (χ0n) is 43.4. The second-order valence-corrected chi connectivity index (χ2v) is 19.4. The van der Waals surface area contributed by atoms with Gasteiger partial charge in [0.2, 0.25) is 5.91 Å². The van der Waals surface area contributed by atoms with E-state index in [9.17, 15) is 19.8 Å². The Balaban J connectivity index is 4.58. The number of esters is 1. The number of allylic oxidation sites excluding steroid dienone is 8. The van der Waals surface area contributed by atoms with Gasteiger partial charge in [0.25, 0.3) is 0 Å². The number of amides is 1. The average Bonchev–Trinajstić information content (AvgIpc) is 3.30. The van der Waals surface area contributed by atoms with E-state index in [0.717, 1.165) is 77.0 Å². The molecular weight excluding hydrogens is 803 g/mol. The van der Waals surface area contributed by atoms with Crippen molar-refractivity contribution in [3.05, 3.63) is 48.6 Å². The topological polar surface area (TPSA) is 95.9 Å². The minimum Gasteiger partial charge on any atom is -0.462 e. The molecule has 0 bridgehead atoms. The Kier molecular flexibility index (Phi) is 51.0. The molecule has 6 nitrogen and oxygen atoms in total. The minimum absolute atomic E-state index is 0.0634. The third-order valence-corrected chi connectivity index (χ3v) is 13.0. The van der Waals surface area contributed by atoms with Gasteiger partial charge in [0.1, 0.15) is 6.10 Å². The van der Waals surface area contributed by atoms with Crippen molar-refractivity contribution in [1.82, 2.24) is 5.32 Å². The summed E-state index contributed by atoms with van der Waals surface area (Å²) in [6.07, 6.45) is 64.6. The lowest BCUT2D eigenvalue weighted by Gasteiger charge is -2.24. The van der Waals surface area contributed by atoms with Crippen molar-refractivity contribution in [3.8, 4) is 0 Å². The van der Waals surface area contributed by atoms with Gasteiger partial charge in [0.05, 0.1) is 25.2 Å². The average molecular weight is 913 g/mol. The number of unbranched alkanes of at least 4 members (excludes halogenated alkanes) is 33. The Bertz CT molecular complexity index is 1110. The van der Waals surface area contributed by atoms with Crippen LogP contribution in [0.3, 0.4) is 0 Å². The maximum atomic E-state index is 13.3. The molecule has 0 saturated carbocycles. The fourth-order valence-electron chi connectivity index (χ4n) is 8.66. The van der Waals surface area contributed by atoms with Crippen molar-refractivity contribution in [1.29, 1.82) is 0 Å². The van der Waals surface area contributed by atoms with Gasteiger partial charge >= 0.3 is 5.97 Å². The first-order valence-corrected chi connectivity index (χ1v) is 28.4. The van der Waals surface area contributed by atoms with Crippen LogP contribution in [0.1, 0.15) is 290 Å². The molecule has 3 N–H and O–H groups in total. The van der Waals surface area contributed by atoms with Crippen LogP contribution in [0.5, 0.6) is 0 Å². The second-order valence-electron chi connectivity index (χ2n) is 19.4. The number of hydrogen-bond acceptors (Lipinski definition) is 5. The van der Waals surface area contributed by atoms with Gasteiger partial charge in [-0.1, -0.05) is 256 Å². The molecule has 3 atom stereocenters. The van der Waals surface area contributed by atoms with Crippen LogP contribution in [0.2, 0.25) is 0 Å². The predicted molar refractivity (Wildman–Crippen MR) is 282 cm³/mol. The number of aliphatic hydroxyl groups is 2. The SMILES string of the molecule is CC/C=C/C=C/C=C/CCCCCCCCCC(=O)OC(CCCCC/C=C/CCCCCCCCCCC)CC(=O)NC(CO)C(O)CCCCCCCCCCCCCCCCC. The molecule has 0 heterocycles. The van der Waals surface area contributed by atoms with Crippen LogP contribution in [-0.4, -0.2) is 46.9 Å². The molecule has 0 radical (unpaired) electrons. The molecular formula is C59H109NO5. The number of ether oxygens (including phenoxy) is 1. The molecule has 0 aromatic rings. The summed E-state index contributed by atoms with van der Waals surface area (Å²) < 4.78 is 5.95. The lowest BCUT2D eigenvalue weighted by Crippen LogP contribution is -2.46. The van der Waals surface area contributed by atoms with Crippen LogP contribution in [0.25, 0.3) is 0 Å². The smallest absolute Gasteiger partial charge is 0.306 e. The standard InChI is InChI=1S/C59H109NO5/c1-4-7-10-13-16-19-22-25-28-31-32-35-38-41-44-47-50-55(65-59(64)52-49-46-43-40-37-34-30-27-24-21-18-15-12-9-6-3)53-58(63)60-56(54-61)57(62)51-48-45-42-39-36-33-29-26-23-20-17-14-11-8-5-2/h9,12,15,18,21,24,32,35,55-57,61-62H,4-8,10-11,13-14,16-17,19-20,22-23,25-31,33-34,36-54H2,1-3H3,(H,60,63)/b12-9+,18-15+,24-21+,35-32+. The van der Waals surface area contributed by atoms with Crippen LogP contribution in [0.4, 0.5) is 0 Å². The maximum Gasteiger partial charge on any atom is 0.306 e. The summed E-state index contributed by atoms with van der Waals surface area (Å²) >= 11 is 0. The number of rotatable bonds is 51. The van der Waals surface area contributed by atoms with Gasteiger partial charge in [-0.25, -0.2) is 0 Å². The molecule has 0 aromatic heterocycles. The fourth-order valence-corrected chi connectivity index (χ4v) is 8.66. The highest BCUT2D eigenvalue weighted by Gasteiger charge is 2.24. The normalized spacial score (nSPS) is 13.5. The van der Waals surface area contributed by atoms with E-state index >= 15 is 0 Å². The molecule has 0 fully saturated rings. The molecule has 0 saturated heterocycles. The predicted octanol–water partition coefficient (Wildman–Crippen LogP) is 17.4. The number of nitrogens with one attached hydrogen (secondary N) is 1. The van der Waals surface area contributed by atoms with Crippen LogP contribution >= 0.6 is 0 Å². The van der Waals surface area contributed by atoms with Crippen molar-refractivity contribution in [2.24, 2.45) is 0 Å². The molecule has 0 aliphatic carbocycles. The van der Waals surface area contributed by atoms with Gasteiger partial charge in [-0.05, 0) is 70.6 Å². The van der Waals surface area contributed by atoms with Crippen molar-refractivity contribution < 1.29 is 24.5 Å². The number of carbonyl (C=O) groups excluding carboxylic acids is 2. The molecule has 0 aromatic carbocycles. The summed E-state index contributed by atoms with van der Waals surface area (Å²) in [7, 11) is 0. The monoisotopic (exact) mass is 912 g/mol. The zero-order valence-corrected chi connectivity index (χ0v) is 43.4. The number of carbonyl (C=O) groups is 2. The molecule has 380 valence electrons. The van der Waals surface area contributed by atoms with E-state index in [0.29, 0.717) is 19.3 Å². The number of aliphatic hydroxyl groups excluding tert-OH is 2. The molecule has 0 spiro atoms. The molecule has 3 unspecified atom stereocenters. The van der Waals surface area contributed by atoms with Crippen molar-refractivity contribution in [2.75, 3.05) is 6.61 Å². The van der Waals surface area contributed by atoms with E-state index in [1.165, 1.54) is 167 Å². The summed E-state index contributed by atoms with van der Waals surface area (Å²) in [6.45, 7) is 6.38. The third-order valence-electron chi connectivity index (χ3n) is 13.0. The summed E-state index contributed by atoms with van der Waals surface area (Å²) in [6, 6.07) is -0.709. The van der Waals surface area contributed by atoms with Crippen LogP contribution < -0.4 is 5.32 Å². The van der Waals surface area contributed by atoms with Crippen molar-refractivity contribution in [3.63, 3.8) is 0 Å². The zero-order chi connectivity index (χ0) is 47.4. The first-order chi connectivity index (χ1) is 32.0. The number of hydrogen-bond donors (Lipinski definition) is 3. The maximum absolute atomic E-state index is 13.3. The molecule has 65 heavy (non-hydrogen) atoms. The van der Waals surface area contributed by atoms with Gasteiger partial charge in [-0.2, -0.15) is 0 Å². The Morgan fingerprint density at radius 3 is 1.31 bits per heavy atom. The van der Waals surface area contributed by atoms with Gasteiger partial charge in [0, 0.05) is 6.42 Å². The summed E-state index contributed by atoms with van der Waals surface area (Å²) in [5, 5.41) is 23.9. The van der Waals surface area contributed by atoms with E-state index in [1.807, 2.05) is 0 Å². The lowest BCUT2D eigenvalue weighted by atomic mass is 10.0. The molecule has 1 amide bonds. The Labute approximate surface area is 404 Å². The Hall–Kier alpha value is -2.18.